The van der Waals surface area contributed by atoms with Crippen LogP contribution in [0.1, 0.15) is 41.6 Å². The van der Waals surface area contributed by atoms with Gasteiger partial charge in [-0.1, -0.05) is 13.8 Å². The Labute approximate surface area is 87.0 Å². The molecule has 0 aliphatic rings. The normalized spacial score (nSPS) is 13.1. The quantitative estimate of drug-likeness (QED) is 0.809. The Bertz CT molecular complexity index is 317. The van der Waals surface area contributed by atoms with Crippen molar-refractivity contribution in [3.63, 3.8) is 0 Å². The van der Waals surface area contributed by atoms with Crippen molar-refractivity contribution in [3.05, 3.63) is 21.9 Å². The molecule has 4 heteroatoms. The maximum atomic E-state index is 10.8. The van der Waals surface area contributed by atoms with Crippen LogP contribution in [0.4, 0.5) is 0 Å². The van der Waals surface area contributed by atoms with Gasteiger partial charge in [0, 0.05) is 4.88 Å². The van der Waals surface area contributed by atoms with Crippen molar-refractivity contribution in [2.75, 3.05) is 0 Å². The number of carboxylic acids is 1. The lowest BCUT2D eigenvalue weighted by molar-refractivity contribution is 0.0688. The highest BCUT2D eigenvalue weighted by Crippen LogP contribution is 2.28. The topological polar surface area (TPSA) is 57.5 Å². The minimum Gasteiger partial charge on any atom is -0.478 e. The molecule has 0 aliphatic carbocycles. The Morgan fingerprint density at radius 1 is 1.57 bits per heavy atom. The smallest absolute Gasteiger partial charge is 0.336 e. The molecule has 0 fully saturated rings. The summed E-state index contributed by atoms with van der Waals surface area (Å²) in [5.41, 5.74) is 0.225. The van der Waals surface area contributed by atoms with Gasteiger partial charge in [0.25, 0.3) is 0 Å². The number of hydrogen-bond acceptors (Lipinski definition) is 3. The molecule has 1 aromatic rings. The van der Waals surface area contributed by atoms with Crippen molar-refractivity contribution in [2.24, 2.45) is 5.92 Å². The lowest BCUT2D eigenvalue weighted by atomic mass is 10.0. The van der Waals surface area contributed by atoms with Crippen molar-refractivity contribution in [3.8, 4) is 0 Å². The third-order valence-corrected chi connectivity index (χ3v) is 2.94. The summed E-state index contributed by atoms with van der Waals surface area (Å²) in [6.45, 7) is 3.99. The Balaban J connectivity index is 2.84. The zero-order valence-corrected chi connectivity index (χ0v) is 9.04. The molecule has 0 saturated carbocycles. The van der Waals surface area contributed by atoms with Crippen LogP contribution in [0.5, 0.6) is 0 Å². The molecule has 1 aromatic heterocycles. The van der Waals surface area contributed by atoms with E-state index in [2.05, 4.69) is 0 Å². The molecule has 0 aromatic carbocycles. The summed E-state index contributed by atoms with van der Waals surface area (Å²) in [5, 5.41) is 20.3. The van der Waals surface area contributed by atoms with Crippen LogP contribution in [0, 0.1) is 5.92 Å². The van der Waals surface area contributed by atoms with Gasteiger partial charge >= 0.3 is 5.97 Å². The summed E-state index contributed by atoms with van der Waals surface area (Å²) in [7, 11) is 0. The monoisotopic (exact) mass is 214 g/mol. The zero-order valence-electron chi connectivity index (χ0n) is 8.23. The number of aliphatic hydroxyl groups is 1. The Morgan fingerprint density at radius 2 is 2.21 bits per heavy atom. The second kappa shape index (κ2) is 4.57. The SMILES string of the molecule is CC(C)CC(O)c1sccc1C(=O)O. The molecular weight excluding hydrogens is 200 g/mol. The van der Waals surface area contributed by atoms with Crippen molar-refractivity contribution in [1.82, 2.24) is 0 Å². The van der Waals surface area contributed by atoms with Gasteiger partial charge in [0.1, 0.15) is 0 Å². The lowest BCUT2D eigenvalue weighted by Crippen LogP contribution is -2.05. The molecule has 1 heterocycles. The molecule has 0 aliphatic heterocycles. The number of carbonyl (C=O) groups is 1. The number of thiophene rings is 1. The predicted octanol–water partition coefficient (Wildman–Crippen LogP) is 2.53. The van der Waals surface area contributed by atoms with Gasteiger partial charge in [0.15, 0.2) is 0 Å². The fourth-order valence-electron chi connectivity index (χ4n) is 1.31. The maximum absolute atomic E-state index is 10.8. The first-order valence-electron chi connectivity index (χ1n) is 4.51. The molecule has 0 bridgehead atoms. The maximum Gasteiger partial charge on any atom is 0.336 e. The number of hydrogen-bond donors (Lipinski definition) is 2. The summed E-state index contributed by atoms with van der Waals surface area (Å²) in [6, 6.07) is 1.53. The lowest BCUT2D eigenvalue weighted by Gasteiger charge is -2.12. The minimum absolute atomic E-state index is 0.225. The fraction of sp³-hybridized carbons (Fsp3) is 0.500. The van der Waals surface area contributed by atoms with Crippen molar-refractivity contribution >= 4 is 17.3 Å². The van der Waals surface area contributed by atoms with E-state index in [-0.39, 0.29) is 5.56 Å². The van der Waals surface area contributed by atoms with Gasteiger partial charge in [-0.25, -0.2) is 4.79 Å². The highest BCUT2D eigenvalue weighted by Gasteiger charge is 2.19. The second-order valence-electron chi connectivity index (χ2n) is 3.65. The molecule has 2 N–H and O–H groups in total. The van der Waals surface area contributed by atoms with Crippen LogP contribution >= 0.6 is 11.3 Å². The highest BCUT2D eigenvalue weighted by atomic mass is 32.1. The molecule has 0 amide bonds. The summed E-state index contributed by atoms with van der Waals surface area (Å²) < 4.78 is 0. The Morgan fingerprint density at radius 3 is 2.71 bits per heavy atom. The van der Waals surface area contributed by atoms with E-state index in [1.807, 2.05) is 13.8 Å². The van der Waals surface area contributed by atoms with Gasteiger partial charge in [-0.15, -0.1) is 11.3 Å². The van der Waals surface area contributed by atoms with E-state index in [0.29, 0.717) is 17.2 Å². The van der Waals surface area contributed by atoms with Gasteiger partial charge in [0.2, 0.25) is 0 Å². The third kappa shape index (κ3) is 2.56. The average molecular weight is 214 g/mol. The van der Waals surface area contributed by atoms with Gasteiger partial charge in [-0.05, 0) is 23.8 Å². The second-order valence-corrected chi connectivity index (χ2v) is 4.60. The zero-order chi connectivity index (χ0) is 10.7. The number of carboxylic acid groups (broad SMARTS) is 1. The van der Waals surface area contributed by atoms with E-state index < -0.39 is 12.1 Å². The molecule has 14 heavy (non-hydrogen) atoms. The van der Waals surface area contributed by atoms with Crippen LogP contribution < -0.4 is 0 Å². The Hall–Kier alpha value is -0.870. The van der Waals surface area contributed by atoms with Crippen LogP contribution in [0.2, 0.25) is 0 Å². The highest BCUT2D eigenvalue weighted by molar-refractivity contribution is 7.10. The van der Waals surface area contributed by atoms with Crippen LogP contribution in [-0.2, 0) is 0 Å². The summed E-state index contributed by atoms with van der Waals surface area (Å²) in [4.78, 5) is 11.3. The van der Waals surface area contributed by atoms with Crippen molar-refractivity contribution < 1.29 is 15.0 Å². The molecule has 0 spiro atoms. The van der Waals surface area contributed by atoms with E-state index in [0.717, 1.165) is 0 Å². The van der Waals surface area contributed by atoms with Crippen molar-refractivity contribution in [1.29, 1.82) is 0 Å². The standard InChI is InChI=1S/C10H14O3S/c1-6(2)5-8(11)9-7(10(12)13)3-4-14-9/h3-4,6,8,11H,5H2,1-2H3,(H,12,13). The third-order valence-electron chi connectivity index (χ3n) is 1.92. The first-order valence-corrected chi connectivity index (χ1v) is 5.39. The summed E-state index contributed by atoms with van der Waals surface area (Å²) in [5.74, 6) is -0.613. The number of aromatic carboxylic acids is 1. The molecule has 1 atom stereocenters. The number of aliphatic hydroxyl groups excluding tert-OH is 1. The van der Waals surface area contributed by atoms with E-state index in [9.17, 15) is 9.90 Å². The molecule has 3 nitrogen and oxygen atoms in total. The van der Waals surface area contributed by atoms with Gasteiger partial charge in [-0.2, -0.15) is 0 Å². The molecule has 1 unspecified atom stereocenters. The van der Waals surface area contributed by atoms with E-state index >= 15 is 0 Å². The first-order chi connectivity index (χ1) is 6.52. The number of rotatable bonds is 4. The molecule has 1 rings (SSSR count). The molecule has 0 saturated heterocycles. The Kier molecular flexibility index (Phi) is 3.66. The van der Waals surface area contributed by atoms with Crippen LogP contribution in [0.15, 0.2) is 11.4 Å². The first kappa shape index (κ1) is 11.2. The largest absolute Gasteiger partial charge is 0.478 e. The van der Waals surface area contributed by atoms with Crippen LogP contribution in [0.25, 0.3) is 0 Å². The minimum atomic E-state index is -0.968. The predicted molar refractivity (Wildman–Crippen MR) is 55.7 cm³/mol. The average Bonchev–Trinajstić information content (AvgIpc) is 2.49. The van der Waals surface area contributed by atoms with Gasteiger partial charge in [-0.3, -0.25) is 0 Å². The van der Waals surface area contributed by atoms with Crippen LogP contribution in [0.3, 0.4) is 0 Å². The van der Waals surface area contributed by atoms with E-state index in [1.54, 1.807) is 5.38 Å². The van der Waals surface area contributed by atoms with Gasteiger partial charge < -0.3 is 10.2 Å². The molecule has 0 radical (unpaired) electrons. The van der Waals surface area contributed by atoms with E-state index in [4.69, 9.17) is 5.11 Å². The van der Waals surface area contributed by atoms with Crippen LogP contribution in [-0.4, -0.2) is 16.2 Å². The van der Waals surface area contributed by atoms with E-state index in [1.165, 1.54) is 17.4 Å². The fourth-order valence-corrected chi connectivity index (χ4v) is 2.20. The summed E-state index contributed by atoms with van der Waals surface area (Å²) in [6.07, 6.45) is -0.0538. The summed E-state index contributed by atoms with van der Waals surface area (Å²) >= 11 is 1.30. The van der Waals surface area contributed by atoms with Gasteiger partial charge in [0.05, 0.1) is 11.7 Å². The molecule has 78 valence electrons. The van der Waals surface area contributed by atoms with Crippen molar-refractivity contribution in [2.45, 2.75) is 26.4 Å². The molecular formula is C10H14O3S.